The normalized spacial score (nSPS) is 14.8. The van der Waals surface area contributed by atoms with Crippen LogP contribution in [-0.2, 0) is 9.53 Å². The van der Waals surface area contributed by atoms with E-state index in [9.17, 15) is 4.79 Å². The van der Waals surface area contributed by atoms with Gasteiger partial charge in [-0.3, -0.25) is 4.79 Å². The van der Waals surface area contributed by atoms with Gasteiger partial charge in [-0.15, -0.1) is 0 Å². The summed E-state index contributed by atoms with van der Waals surface area (Å²) in [5.74, 6) is -0.447. The van der Waals surface area contributed by atoms with Crippen LogP contribution in [0.3, 0.4) is 0 Å². The zero-order valence-corrected chi connectivity index (χ0v) is 12.5. The lowest BCUT2D eigenvalue weighted by Gasteiger charge is -2.36. The molecule has 19 heavy (non-hydrogen) atoms. The fourth-order valence-corrected chi connectivity index (χ4v) is 2.16. The molecular formula is C14H21ClN2O2. The number of nitrogens with two attached hydrogens (primary N) is 1. The van der Waals surface area contributed by atoms with Crippen molar-refractivity contribution in [3.63, 3.8) is 0 Å². The van der Waals surface area contributed by atoms with Crippen molar-refractivity contribution in [3.8, 4) is 0 Å². The van der Waals surface area contributed by atoms with Crippen LogP contribution >= 0.6 is 11.6 Å². The number of hydrogen-bond donors (Lipinski definition) is 2. The maximum atomic E-state index is 11.8. The van der Waals surface area contributed by atoms with Crippen molar-refractivity contribution in [1.29, 1.82) is 0 Å². The molecule has 0 saturated heterocycles. The van der Waals surface area contributed by atoms with E-state index in [1.54, 1.807) is 20.1 Å². The monoisotopic (exact) mass is 284 g/mol. The van der Waals surface area contributed by atoms with Gasteiger partial charge in [-0.1, -0.05) is 23.7 Å². The second kappa shape index (κ2) is 5.80. The molecule has 0 bridgehead atoms. The number of anilines is 1. The standard InChI is InChI=1S/C14H21ClN2O2/c1-13(2,19-4)9-14(3,12(16)18)17-11-8-6-5-7-10(11)15/h5-8,17H,9H2,1-4H3,(H2,16,18). The smallest absolute Gasteiger partial charge is 0.242 e. The average molecular weight is 285 g/mol. The van der Waals surface area contributed by atoms with Crippen molar-refractivity contribution in [2.45, 2.75) is 38.3 Å². The van der Waals surface area contributed by atoms with E-state index >= 15 is 0 Å². The van der Waals surface area contributed by atoms with Gasteiger partial charge in [-0.05, 0) is 32.9 Å². The Morgan fingerprint density at radius 3 is 2.42 bits per heavy atom. The topological polar surface area (TPSA) is 64.3 Å². The highest BCUT2D eigenvalue weighted by Gasteiger charge is 2.37. The van der Waals surface area contributed by atoms with Crippen LogP contribution < -0.4 is 11.1 Å². The number of amides is 1. The Morgan fingerprint density at radius 1 is 1.37 bits per heavy atom. The first-order valence-corrected chi connectivity index (χ1v) is 6.46. The van der Waals surface area contributed by atoms with Crippen molar-refractivity contribution in [2.75, 3.05) is 12.4 Å². The van der Waals surface area contributed by atoms with E-state index in [4.69, 9.17) is 22.1 Å². The lowest BCUT2D eigenvalue weighted by molar-refractivity contribution is -0.124. The Balaban J connectivity index is 3.01. The minimum atomic E-state index is -0.940. The van der Waals surface area contributed by atoms with Crippen LogP contribution in [0.5, 0.6) is 0 Å². The van der Waals surface area contributed by atoms with E-state index in [0.717, 1.165) is 0 Å². The fraction of sp³-hybridized carbons (Fsp3) is 0.500. The summed E-state index contributed by atoms with van der Waals surface area (Å²) in [5.41, 5.74) is 4.79. The first-order chi connectivity index (χ1) is 8.70. The predicted octanol–water partition coefficient (Wildman–Crippen LogP) is 2.81. The van der Waals surface area contributed by atoms with E-state index in [1.165, 1.54) is 0 Å². The van der Waals surface area contributed by atoms with Crippen LogP contribution in [0.25, 0.3) is 0 Å². The van der Waals surface area contributed by atoms with Gasteiger partial charge in [0.1, 0.15) is 5.54 Å². The van der Waals surface area contributed by atoms with Gasteiger partial charge in [0.05, 0.1) is 16.3 Å². The summed E-state index contributed by atoms with van der Waals surface area (Å²) in [6, 6.07) is 7.24. The SMILES string of the molecule is COC(C)(C)CC(C)(Nc1ccccc1Cl)C(N)=O. The quantitative estimate of drug-likeness (QED) is 0.844. The first-order valence-electron chi connectivity index (χ1n) is 6.08. The van der Waals surface area contributed by atoms with Crippen LogP contribution in [0.15, 0.2) is 24.3 Å². The molecule has 4 nitrogen and oxygen atoms in total. The molecule has 1 atom stereocenters. The molecule has 5 heteroatoms. The highest BCUT2D eigenvalue weighted by atomic mass is 35.5. The molecule has 0 aliphatic carbocycles. The van der Waals surface area contributed by atoms with Crippen molar-refractivity contribution in [3.05, 3.63) is 29.3 Å². The molecule has 0 saturated carbocycles. The van der Waals surface area contributed by atoms with Gasteiger partial charge < -0.3 is 15.8 Å². The molecule has 1 aromatic carbocycles. The molecule has 0 aromatic heterocycles. The minimum absolute atomic E-state index is 0.428. The number of primary amides is 1. The highest BCUT2D eigenvalue weighted by molar-refractivity contribution is 6.33. The molecule has 1 unspecified atom stereocenters. The summed E-state index contributed by atoms with van der Waals surface area (Å²) in [4.78, 5) is 11.8. The van der Waals surface area contributed by atoms with Crippen molar-refractivity contribution < 1.29 is 9.53 Å². The van der Waals surface area contributed by atoms with Crippen molar-refractivity contribution >= 4 is 23.2 Å². The number of halogens is 1. The number of para-hydroxylation sites is 1. The molecule has 0 spiro atoms. The maximum Gasteiger partial charge on any atom is 0.242 e. The lowest BCUT2D eigenvalue weighted by atomic mass is 9.86. The highest BCUT2D eigenvalue weighted by Crippen LogP contribution is 2.30. The summed E-state index contributed by atoms with van der Waals surface area (Å²) in [6.45, 7) is 5.56. The Morgan fingerprint density at radius 2 is 1.95 bits per heavy atom. The Kier molecular flexibility index (Phi) is 4.82. The van der Waals surface area contributed by atoms with Gasteiger partial charge >= 0.3 is 0 Å². The van der Waals surface area contributed by atoms with Gasteiger partial charge in [-0.2, -0.15) is 0 Å². The average Bonchev–Trinajstić information content (AvgIpc) is 2.31. The molecule has 106 valence electrons. The number of ether oxygens (including phenoxy) is 1. The fourth-order valence-electron chi connectivity index (χ4n) is 1.98. The summed E-state index contributed by atoms with van der Waals surface area (Å²) in [7, 11) is 1.61. The second-order valence-electron chi connectivity index (χ2n) is 5.44. The molecule has 1 rings (SSSR count). The van der Waals surface area contributed by atoms with E-state index in [2.05, 4.69) is 5.32 Å². The molecule has 1 amide bonds. The van der Waals surface area contributed by atoms with Gasteiger partial charge in [0.15, 0.2) is 0 Å². The largest absolute Gasteiger partial charge is 0.379 e. The number of rotatable bonds is 6. The van der Waals surface area contributed by atoms with Gasteiger partial charge in [-0.25, -0.2) is 0 Å². The third-order valence-corrected chi connectivity index (χ3v) is 3.49. The number of carbonyl (C=O) groups is 1. The second-order valence-corrected chi connectivity index (χ2v) is 5.85. The number of methoxy groups -OCH3 is 1. The first kappa shape index (κ1) is 15.8. The number of hydrogen-bond acceptors (Lipinski definition) is 3. The van der Waals surface area contributed by atoms with Crippen LogP contribution in [0.4, 0.5) is 5.69 Å². The molecule has 1 aromatic rings. The summed E-state index contributed by atoms with van der Waals surface area (Å²) >= 11 is 6.09. The molecule has 0 aliphatic heterocycles. The molecular weight excluding hydrogens is 264 g/mol. The summed E-state index contributed by atoms with van der Waals surface area (Å²) in [5, 5.41) is 3.67. The van der Waals surface area contributed by atoms with Crippen molar-refractivity contribution in [1.82, 2.24) is 0 Å². The zero-order valence-electron chi connectivity index (χ0n) is 11.8. The Hall–Kier alpha value is -1.26. The Bertz CT molecular complexity index is 463. The third kappa shape index (κ3) is 4.11. The third-order valence-electron chi connectivity index (χ3n) is 3.16. The van der Waals surface area contributed by atoms with Gasteiger partial charge in [0.2, 0.25) is 5.91 Å². The van der Waals surface area contributed by atoms with Crippen molar-refractivity contribution in [2.24, 2.45) is 5.73 Å². The van der Waals surface area contributed by atoms with E-state index in [1.807, 2.05) is 32.0 Å². The number of carbonyl (C=O) groups excluding carboxylic acids is 1. The van der Waals surface area contributed by atoms with Gasteiger partial charge in [0, 0.05) is 13.5 Å². The van der Waals surface area contributed by atoms with Gasteiger partial charge in [0.25, 0.3) is 0 Å². The van der Waals surface area contributed by atoms with E-state index < -0.39 is 17.0 Å². The van der Waals surface area contributed by atoms with Crippen LogP contribution in [-0.4, -0.2) is 24.2 Å². The minimum Gasteiger partial charge on any atom is -0.379 e. The van der Waals surface area contributed by atoms with E-state index in [0.29, 0.717) is 17.1 Å². The molecule has 3 N–H and O–H groups in total. The molecule has 0 heterocycles. The van der Waals surface area contributed by atoms with Crippen LogP contribution in [0, 0.1) is 0 Å². The van der Waals surface area contributed by atoms with Crippen LogP contribution in [0.2, 0.25) is 5.02 Å². The predicted molar refractivity (Wildman–Crippen MR) is 78.4 cm³/mol. The summed E-state index contributed by atoms with van der Waals surface area (Å²) < 4.78 is 5.37. The molecule has 0 fully saturated rings. The maximum absolute atomic E-state index is 11.8. The molecule has 0 aliphatic rings. The van der Waals surface area contributed by atoms with Crippen LogP contribution in [0.1, 0.15) is 27.2 Å². The zero-order chi connectivity index (χ0) is 14.7. The Labute approximate surface area is 119 Å². The molecule has 0 radical (unpaired) electrons. The lowest BCUT2D eigenvalue weighted by Crippen LogP contribution is -2.52. The number of benzene rings is 1. The number of nitrogens with one attached hydrogen (secondary N) is 1. The van der Waals surface area contributed by atoms with E-state index in [-0.39, 0.29) is 0 Å². The summed E-state index contributed by atoms with van der Waals surface area (Å²) in [6.07, 6.45) is 0.428.